The smallest absolute Gasteiger partial charge is 0.335 e. The zero-order valence-electron chi connectivity index (χ0n) is 9.93. The average molecular weight is 265 g/mol. The molecule has 0 radical (unpaired) electrons. The SMILES string of the molecule is C[C@]1(C(=O)O)C[C@@H](O)[C@@H](N)C([C@H](O)[C@H](O)CO)O1. The fourth-order valence-corrected chi connectivity index (χ4v) is 1.94. The number of nitrogens with two attached hydrogens (primary N) is 1. The third-order valence-electron chi connectivity index (χ3n) is 3.19. The van der Waals surface area contributed by atoms with Crippen LogP contribution in [0.25, 0.3) is 0 Å². The van der Waals surface area contributed by atoms with E-state index in [1.807, 2.05) is 0 Å². The number of hydrogen-bond donors (Lipinski definition) is 6. The Morgan fingerprint density at radius 2 is 2.11 bits per heavy atom. The predicted molar refractivity (Wildman–Crippen MR) is 58.6 cm³/mol. The maximum absolute atomic E-state index is 11.1. The van der Waals surface area contributed by atoms with Crippen molar-refractivity contribution in [1.29, 1.82) is 0 Å². The second-order valence-corrected chi connectivity index (χ2v) is 4.71. The van der Waals surface area contributed by atoms with Gasteiger partial charge in [0, 0.05) is 6.42 Å². The maximum atomic E-state index is 11.1. The van der Waals surface area contributed by atoms with Crippen molar-refractivity contribution >= 4 is 5.97 Å². The van der Waals surface area contributed by atoms with Crippen molar-refractivity contribution in [2.75, 3.05) is 6.61 Å². The molecule has 18 heavy (non-hydrogen) atoms. The quantitative estimate of drug-likeness (QED) is 0.315. The number of carboxylic acids is 1. The van der Waals surface area contributed by atoms with Gasteiger partial charge >= 0.3 is 5.97 Å². The van der Waals surface area contributed by atoms with Gasteiger partial charge in [0.05, 0.1) is 18.8 Å². The van der Waals surface area contributed by atoms with E-state index in [2.05, 4.69) is 0 Å². The third-order valence-corrected chi connectivity index (χ3v) is 3.19. The summed E-state index contributed by atoms with van der Waals surface area (Å²) in [4.78, 5) is 11.1. The van der Waals surface area contributed by atoms with Crippen LogP contribution in [0.5, 0.6) is 0 Å². The molecule has 1 unspecified atom stereocenters. The second-order valence-electron chi connectivity index (χ2n) is 4.71. The third kappa shape index (κ3) is 2.79. The minimum absolute atomic E-state index is 0.220. The first kappa shape index (κ1) is 15.3. The van der Waals surface area contributed by atoms with Gasteiger partial charge < -0.3 is 36.0 Å². The number of ether oxygens (including phenoxy) is 1. The van der Waals surface area contributed by atoms with Crippen LogP contribution in [0.15, 0.2) is 0 Å². The van der Waals surface area contributed by atoms with E-state index in [4.69, 9.17) is 20.7 Å². The molecule has 1 heterocycles. The van der Waals surface area contributed by atoms with Crippen molar-refractivity contribution in [3.63, 3.8) is 0 Å². The molecule has 8 heteroatoms. The molecule has 0 amide bonds. The summed E-state index contributed by atoms with van der Waals surface area (Å²) >= 11 is 0. The Balaban J connectivity index is 2.92. The van der Waals surface area contributed by atoms with Crippen LogP contribution in [0, 0.1) is 0 Å². The molecular formula is C10H19NO7. The van der Waals surface area contributed by atoms with Crippen LogP contribution in [-0.2, 0) is 9.53 Å². The predicted octanol–water partition coefficient (Wildman–Crippen LogP) is -2.98. The minimum Gasteiger partial charge on any atom is -0.479 e. The molecule has 106 valence electrons. The topological polar surface area (TPSA) is 153 Å². The van der Waals surface area contributed by atoms with Crippen molar-refractivity contribution in [2.45, 2.75) is 49.4 Å². The molecule has 1 fully saturated rings. The van der Waals surface area contributed by atoms with Gasteiger partial charge in [-0.3, -0.25) is 0 Å². The molecular weight excluding hydrogens is 246 g/mol. The first-order valence-electron chi connectivity index (χ1n) is 5.55. The number of carbonyl (C=O) groups is 1. The number of aliphatic hydroxyl groups is 4. The van der Waals surface area contributed by atoms with Gasteiger partial charge in [-0.15, -0.1) is 0 Å². The molecule has 0 aromatic rings. The highest BCUT2D eigenvalue weighted by atomic mass is 16.6. The minimum atomic E-state index is -1.70. The van der Waals surface area contributed by atoms with Crippen molar-refractivity contribution in [1.82, 2.24) is 0 Å². The van der Waals surface area contributed by atoms with E-state index in [-0.39, 0.29) is 6.42 Å². The van der Waals surface area contributed by atoms with Crippen LogP contribution < -0.4 is 5.73 Å². The standard InChI is InChI=1S/C10H19NO7/c1-10(9(16)17)2-4(13)6(11)8(18-10)7(15)5(14)3-12/h4-8,12-15H,2-3,11H2,1H3,(H,16,17)/t4-,5-,6-,7-,8?,10-/m1/s1. The Labute approximate surface area is 104 Å². The summed E-state index contributed by atoms with van der Waals surface area (Å²) in [5, 5.41) is 46.5. The van der Waals surface area contributed by atoms with Crippen molar-refractivity contribution in [3.05, 3.63) is 0 Å². The highest BCUT2D eigenvalue weighted by Crippen LogP contribution is 2.30. The molecule has 8 nitrogen and oxygen atoms in total. The molecule has 0 spiro atoms. The highest BCUT2D eigenvalue weighted by Gasteiger charge is 2.50. The van der Waals surface area contributed by atoms with Crippen LogP contribution in [-0.4, -0.2) is 74.2 Å². The van der Waals surface area contributed by atoms with Crippen molar-refractivity contribution in [3.8, 4) is 0 Å². The molecule has 1 rings (SSSR count). The Bertz CT molecular complexity index is 313. The lowest BCUT2D eigenvalue weighted by Crippen LogP contribution is -2.64. The molecule has 0 aromatic heterocycles. The van der Waals surface area contributed by atoms with Gasteiger partial charge in [-0.05, 0) is 6.92 Å². The number of carboxylic acid groups (broad SMARTS) is 1. The van der Waals surface area contributed by atoms with Crippen LogP contribution in [0.1, 0.15) is 13.3 Å². The monoisotopic (exact) mass is 265 g/mol. The molecule has 0 saturated carbocycles. The molecule has 0 aliphatic carbocycles. The summed E-state index contributed by atoms with van der Waals surface area (Å²) in [6.07, 6.45) is -5.80. The summed E-state index contributed by atoms with van der Waals surface area (Å²) in [6.45, 7) is 0.517. The fraction of sp³-hybridized carbons (Fsp3) is 0.900. The maximum Gasteiger partial charge on any atom is 0.335 e. The first-order valence-corrected chi connectivity index (χ1v) is 5.55. The van der Waals surface area contributed by atoms with E-state index in [0.29, 0.717) is 0 Å². The summed E-state index contributed by atoms with van der Waals surface area (Å²) < 4.78 is 5.20. The zero-order chi connectivity index (χ0) is 14.1. The van der Waals surface area contributed by atoms with Gasteiger partial charge in [-0.25, -0.2) is 4.79 Å². The van der Waals surface area contributed by atoms with E-state index in [1.165, 1.54) is 6.92 Å². The van der Waals surface area contributed by atoms with Crippen LogP contribution in [0.3, 0.4) is 0 Å². The van der Waals surface area contributed by atoms with E-state index in [9.17, 15) is 20.1 Å². The molecule has 0 aromatic carbocycles. The van der Waals surface area contributed by atoms with Crippen LogP contribution in [0.4, 0.5) is 0 Å². The van der Waals surface area contributed by atoms with Gasteiger partial charge in [0.15, 0.2) is 5.60 Å². The van der Waals surface area contributed by atoms with Gasteiger partial charge in [0.2, 0.25) is 0 Å². The average Bonchev–Trinajstić information content (AvgIpc) is 2.31. The van der Waals surface area contributed by atoms with E-state index in [0.717, 1.165) is 0 Å². The molecule has 1 saturated heterocycles. The van der Waals surface area contributed by atoms with Gasteiger partial charge in [0.1, 0.15) is 18.3 Å². The van der Waals surface area contributed by atoms with E-state index in [1.54, 1.807) is 0 Å². The van der Waals surface area contributed by atoms with Crippen molar-refractivity contribution in [2.24, 2.45) is 5.73 Å². The Morgan fingerprint density at radius 1 is 1.56 bits per heavy atom. The number of rotatable bonds is 4. The summed E-state index contributed by atoms with van der Waals surface area (Å²) in [6, 6.07) is -1.05. The first-order chi connectivity index (χ1) is 8.23. The lowest BCUT2D eigenvalue weighted by Gasteiger charge is -2.44. The van der Waals surface area contributed by atoms with E-state index < -0.39 is 48.6 Å². The highest BCUT2D eigenvalue weighted by molar-refractivity contribution is 5.77. The molecule has 6 atom stereocenters. The normalized spacial score (nSPS) is 40.2. The molecule has 1 aliphatic heterocycles. The van der Waals surface area contributed by atoms with E-state index >= 15 is 0 Å². The Kier molecular flexibility index (Phi) is 4.65. The summed E-state index contributed by atoms with van der Waals surface area (Å²) in [5.41, 5.74) is 3.92. The van der Waals surface area contributed by atoms with Gasteiger partial charge in [-0.2, -0.15) is 0 Å². The van der Waals surface area contributed by atoms with Crippen molar-refractivity contribution < 1.29 is 35.1 Å². The van der Waals surface area contributed by atoms with Crippen LogP contribution in [0.2, 0.25) is 0 Å². The van der Waals surface area contributed by atoms with Crippen LogP contribution >= 0.6 is 0 Å². The fourth-order valence-electron chi connectivity index (χ4n) is 1.94. The molecule has 0 bridgehead atoms. The lowest BCUT2D eigenvalue weighted by molar-refractivity contribution is -0.221. The zero-order valence-corrected chi connectivity index (χ0v) is 9.93. The molecule has 7 N–H and O–H groups in total. The second kappa shape index (κ2) is 5.47. The van der Waals surface area contributed by atoms with Gasteiger partial charge in [0.25, 0.3) is 0 Å². The van der Waals surface area contributed by atoms with Gasteiger partial charge in [-0.1, -0.05) is 0 Å². The summed E-state index contributed by atoms with van der Waals surface area (Å²) in [5.74, 6) is -1.30. The largest absolute Gasteiger partial charge is 0.479 e. The number of aliphatic carboxylic acids is 1. The summed E-state index contributed by atoms with van der Waals surface area (Å²) in [7, 11) is 0. The number of aliphatic hydroxyl groups excluding tert-OH is 4. The Morgan fingerprint density at radius 3 is 2.56 bits per heavy atom. The molecule has 1 aliphatic rings. The Hall–Kier alpha value is -0.770. The number of hydrogen-bond acceptors (Lipinski definition) is 7. The lowest BCUT2D eigenvalue weighted by atomic mass is 9.85.